The first-order chi connectivity index (χ1) is 9.66. The lowest BCUT2D eigenvalue weighted by molar-refractivity contribution is -0.384. The Bertz CT molecular complexity index is 487. The summed E-state index contributed by atoms with van der Waals surface area (Å²) in [6.45, 7) is 3.15. The Hall–Kier alpha value is -1.67. The second-order valence-electron chi connectivity index (χ2n) is 5.27. The Labute approximate surface area is 116 Å². The summed E-state index contributed by atoms with van der Waals surface area (Å²) in [7, 11) is 1.75. The largest absolute Gasteiger partial charge is 0.375 e. The van der Waals surface area contributed by atoms with Crippen LogP contribution in [0.4, 0.5) is 11.5 Å². The molecule has 2 unspecified atom stereocenters. The minimum absolute atomic E-state index is 0.0752. The predicted molar refractivity (Wildman–Crippen MR) is 72.8 cm³/mol. The number of aromatic nitrogens is 2. The van der Waals surface area contributed by atoms with E-state index in [4.69, 9.17) is 4.74 Å². The van der Waals surface area contributed by atoms with Crippen molar-refractivity contribution in [1.82, 2.24) is 15.1 Å². The quantitative estimate of drug-likeness (QED) is 0.619. The van der Waals surface area contributed by atoms with E-state index in [1.165, 1.54) is 6.20 Å². The summed E-state index contributed by atoms with van der Waals surface area (Å²) < 4.78 is 7.37. The molecule has 8 heteroatoms. The number of anilines is 1. The van der Waals surface area contributed by atoms with Gasteiger partial charge in [-0.3, -0.25) is 10.1 Å². The summed E-state index contributed by atoms with van der Waals surface area (Å²) in [5.41, 5.74) is 0.0752. The number of morpholine rings is 1. The molecule has 3 rings (SSSR count). The summed E-state index contributed by atoms with van der Waals surface area (Å²) in [5.74, 6) is 0.591. The first-order valence-electron chi connectivity index (χ1n) is 6.93. The van der Waals surface area contributed by atoms with Gasteiger partial charge in [0.25, 0.3) is 0 Å². The molecule has 1 aromatic heterocycles. The fourth-order valence-electron chi connectivity index (χ4n) is 3.09. The predicted octanol–water partition coefficient (Wildman–Crippen LogP) is 0.285. The minimum Gasteiger partial charge on any atom is -0.375 e. The molecular weight excluding hydrogens is 262 g/mol. The van der Waals surface area contributed by atoms with E-state index in [2.05, 4.69) is 15.3 Å². The van der Waals surface area contributed by atoms with Crippen molar-refractivity contribution in [3.8, 4) is 0 Å². The standard InChI is InChI=1S/C12H19N5O3/c1-15-12(10(8-14-15)17(18)19)16-5-2-9-11(3-6-16)20-7-4-13-9/h8-9,11,13H,2-7H2,1H3. The number of fused-ring (bicyclic) bond motifs is 1. The van der Waals surface area contributed by atoms with Crippen LogP contribution in [0.1, 0.15) is 12.8 Å². The number of nitro groups is 1. The maximum absolute atomic E-state index is 11.1. The molecule has 1 aromatic rings. The fraction of sp³-hybridized carbons (Fsp3) is 0.750. The topological polar surface area (TPSA) is 85.5 Å². The average Bonchev–Trinajstić information content (AvgIpc) is 2.70. The van der Waals surface area contributed by atoms with Gasteiger partial charge in [-0.25, -0.2) is 4.68 Å². The van der Waals surface area contributed by atoms with Gasteiger partial charge in [0.15, 0.2) is 0 Å². The van der Waals surface area contributed by atoms with E-state index in [1.807, 2.05) is 0 Å². The first kappa shape index (κ1) is 13.3. The lowest BCUT2D eigenvalue weighted by atomic mass is 10.1. The van der Waals surface area contributed by atoms with Gasteiger partial charge in [0.05, 0.1) is 17.6 Å². The highest BCUT2D eigenvalue weighted by Crippen LogP contribution is 2.29. The van der Waals surface area contributed by atoms with Crippen LogP contribution < -0.4 is 10.2 Å². The van der Waals surface area contributed by atoms with Gasteiger partial charge in [-0.05, 0) is 12.8 Å². The van der Waals surface area contributed by atoms with Crippen molar-refractivity contribution < 1.29 is 9.66 Å². The monoisotopic (exact) mass is 281 g/mol. The summed E-state index contributed by atoms with van der Waals surface area (Å²) in [6, 6.07) is 0.348. The van der Waals surface area contributed by atoms with Crippen molar-refractivity contribution in [3.05, 3.63) is 16.3 Å². The van der Waals surface area contributed by atoms with Crippen molar-refractivity contribution in [2.75, 3.05) is 31.1 Å². The molecule has 2 aliphatic heterocycles. The van der Waals surface area contributed by atoms with E-state index < -0.39 is 0 Å². The van der Waals surface area contributed by atoms with E-state index in [1.54, 1.807) is 11.7 Å². The number of nitrogens with zero attached hydrogens (tertiary/aromatic N) is 4. The van der Waals surface area contributed by atoms with E-state index in [-0.39, 0.29) is 16.7 Å². The van der Waals surface area contributed by atoms with Crippen molar-refractivity contribution in [2.45, 2.75) is 25.0 Å². The third-order valence-electron chi connectivity index (χ3n) is 4.07. The molecule has 2 aliphatic rings. The Morgan fingerprint density at radius 1 is 1.50 bits per heavy atom. The Morgan fingerprint density at radius 3 is 3.10 bits per heavy atom. The summed E-state index contributed by atoms with van der Waals surface area (Å²) in [6.07, 6.45) is 3.33. The van der Waals surface area contributed by atoms with Crippen LogP contribution in [-0.4, -0.2) is 53.1 Å². The lowest BCUT2D eigenvalue weighted by Gasteiger charge is -2.30. The van der Waals surface area contributed by atoms with Gasteiger partial charge in [0.1, 0.15) is 6.20 Å². The van der Waals surface area contributed by atoms with Crippen LogP contribution in [0.2, 0.25) is 0 Å². The van der Waals surface area contributed by atoms with Crippen LogP contribution in [0.5, 0.6) is 0 Å². The van der Waals surface area contributed by atoms with Crippen LogP contribution in [0, 0.1) is 10.1 Å². The molecule has 2 saturated heterocycles. The molecule has 3 heterocycles. The molecule has 0 saturated carbocycles. The van der Waals surface area contributed by atoms with Gasteiger partial charge in [0.2, 0.25) is 5.82 Å². The van der Waals surface area contributed by atoms with Gasteiger partial charge in [-0.15, -0.1) is 0 Å². The molecule has 20 heavy (non-hydrogen) atoms. The molecule has 0 spiro atoms. The molecule has 1 N–H and O–H groups in total. The molecule has 2 atom stereocenters. The summed E-state index contributed by atoms with van der Waals surface area (Å²) >= 11 is 0. The molecular formula is C12H19N5O3. The van der Waals surface area contributed by atoms with Crippen LogP contribution in [0.15, 0.2) is 6.20 Å². The zero-order valence-corrected chi connectivity index (χ0v) is 11.5. The van der Waals surface area contributed by atoms with Crippen molar-refractivity contribution in [1.29, 1.82) is 0 Å². The van der Waals surface area contributed by atoms with Crippen molar-refractivity contribution in [2.24, 2.45) is 7.05 Å². The Balaban J connectivity index is 1.81. The molecule has 2 fully saturated rings. The van der Waals surface area contributed by atoms with Crippen LogP contribution in [-0.2, 0) is 11.8 Å². The Kier molecular flexibility index (Phi) is 3.58. The minimum atomic E-state index is -0.366. The average molecular weight is 281 g/mol. The number of aryl methyl sites for hydroxylation is 1. The fourth-order valence-corrected chi connectivity index (χ4v) is 3.09. The normalized spacial score (nSPS) is 26.9. The summed E-state index contributed by atoms with van der Waals surface area (Å²) in [5, 5.41) is 18.6. The number of rotatable bonds is 2. The van der Waals surface area contributed by atoms with Crippen LogP contribution >= 0.6 is 0 Å². The maximum Gasteiger partial charge on any atom is 0.331 e. The summed E-state index contributed by atoms with van der Waals surface area (Å²) in [4.78, 5) is 12.8. The number of nitrogens with one attached hydrogen (secondary N) is 1. The van der Waals surface area contributed by atoms with Crippen LogP contribution in [0.25, 0.3) is 0 Å². The highest BCUT2D eigenvalue weighted by atomic mass is 16.6. The van der Waals surface area contributed by atoms with Gasteiger partial charge >= 0.3 is 5.69 Å². The van der Waals surface area contributed by atoms with Crippen molar-refractivity contribution in [3.63, 3.8) is 0 Å². The third-order valence-corrected chi connectivity index (χ3v) is 4.07. The molecule has 0 amide bonds. The SMILES string of the molecule is Cn1ncc([N+](=O)[O-])c1N1CCC2NCCOC2CC1. The number of ether oxygens (including phenoxy) is 1. The van der Waals surface area contributed by atoms with E-state index >= 15 is 0 Å². The molecule has 0 aliphatic carbocycles. The van der Waals surface area contributed by atoms with E-state index in [9.17, 15) is 10.1 Å². The second-order valence-corrected chi connectivity index (χ2v) is 5.27. The van der Waals surface area contributed by atoms with Gasteiger partial charge in [0, 0.05) is 32.7 Å². The third kappa shape index (κ3) is 2.36. The zero-order valence-electron chi connectivity index (χ0n) is 11.5. The van der Waals surface area contributed by atoms with Gasteiger partial charge < -0.3 is 15.0 Å². The lowest BCUT2D eigenvalue weighted by Crippen LogP contribution is -2.48. The molecule has 0 aromatic carbocycles. The van der Waals surface area contributed by atoms with Gasteiger partial charge in [-0.1, -0.05) is 0 Å². The maximum atomic E-state index is 11.1. The highest BCUT2D eigenvalue weighted by Gasteiger charge is 2.32. The van der Waals surface area contributed by atoms with E-state index in [0.717, 1.165) is 39.1 Å². The number of hydrogen-bond donors (Lipinski definition) is 1. The zero-order chi connectivity index (χ0) is 14.1. The van der Waals surface area contributed by atoms with Gasteiger partial charge in [-0.2, -0.15) is 5.10 Å². The first-order valence-corrected chi connectivity index (χ1v) is 6.93. The number of hydrogen-bond acceptors (Lipinski definition) is 6. The molecule has 110 valence electrons. The smallest absolute Gasteiger partial charge is 0.331 e. The highest BCUT2D eigenvalue weighted by molar-refractivity contribution is 5.57. The van der Waals surface area contributed by atoms with Crippen molar-refractivity contribution >= 4 is 11.5 Å². The van der Waals surface area contributed by atoms with E-state index in [0.29, 0.717) is 11.9 Å². The second kappa shape index (κ2) is 5.37. The Morgan fingerprint density at radius 2 is 2.30 bits per heavy atom. The molecule has 0 bridgehead atoms. The molecule has 8 nitrogen and oxygen atoms in total. The van der Waals surface area contributed by atoms with Crippen LogP contribution in [0.3, 0.4) is 0 Å². The molecule has 0 radical (unpaired) electrons.